The van der Waals surface area contributed by atoms with Gasteiger partial charge in [0.1, 0.15) is 12.7 Å². The summed E-state index contributed by atoms with van der Waals surface area (Å²) in [5.74, 6) is 1.10. The molecule has 0 spiro atoms. The molecule has 0 aliphatic carbocycles. The van der Waals surface area contributed by atoms with Crippen LogP contribution in [-0.2, 0) is 11.3 Å². The summed E-state index contributed by atoms with van der Waals surface area (Å²) in [6.45, 7) is 5.90. The van der Waals surface area contributed by atoms with E-state index in [9.17, 15) is 4.79 Å². The van der Waals surface area contributed by atoms with Gasteiger partial charge in [0.25, 0.3) is 0 Å². The van der Waals surface area contributed by atoms with Crippen LogP contribution >= 0.6 is 0 Å². The van der Waals surface area contributed by atoms with Gasteiger partial charge in [0.2, 0.25) is 5.91 Å². The first kappa shape index (κ1) is 16.4. The second kappa shape index (κ2) is 7.85. The van der Waals surface area contributed by atoms with Gasteiger partial charge in [-0.05, 0) is 31.9 Å². The van der Waals surface area contributed by atoms with E-state index >= 15 is 0 Å². The summed E-state index contributed by atoms with van der Waals surface area (Å²) in [6, 6.07) is 3.97. The number of rotatable bonds is 5. The molecule has 3 heterocycles. The topological polar surface area (TPSA) is 80.0 Å². The maximum Gasteiger partial charge on any atom is 0.222 e. The van der Waals surface area contributed by atoms with Gasteiger partial charge in [0.05, 0.1) is 5.69 Å². The van der Waals surface area contributed by atoms with Crippen LogP contribution < -0.4 is 4.90 Å². The molecular weight excluding hydrogens is 306 g/mol. The van der Waals surface area contributed by atoms with E-state index in [0.717, 1.165) is 57.1 Å². The average Bonchev–Trinajstić information content (AvgIpc) is 2.98. The van der Waals surface area contributed by atoms with Crippen LogP contribution in [-0.4, -0.2) is 61.9 Å². The lowest BCUT2D eigenvalue weighted by Crippen LogP contribution is -2.35. The zero-order valence-electron chi connectivity index (χ0n) is 14.0. The highest BCUT2D eigenvalue weighted by atomic mass is 16.2. The molecule has 1 saturated heterocycles. The Morgan fingerprint density at radius 3 is 2.83 bits per heavy atom. The molecule has 0 radical (unpaired) electrons. The summed E-state index contributed by atoms with van der Waals surface area (Å²) in [6.07, 6.45) is 5.47. The molecule has 24 heavy (non-hydrogen) atoms. The van der Waals surface area contributed by atoms with E-state index in [4.69, 9.17) is 0 Å². The van der Waals surface area contributed by atoms with Crippen molar-refractivity contribution >= 4 is 11.7 Å². The predicted octanol–water partition coefficient (Wildman–Crippen LogP) is 0.896. The smallest absolute Gasteiger partial charge is 0.222 e. The first-order valence-electron chi connectivity index (χ1n) is 8.38. The zero-order chi connectivity index (χ0) is 16.8. The van der Waals surface area contributed by atoms with Crippen LogP contribution in [0.1, 0.15) is 25.0 Å². The van der Waals surface area contributed by atoms with Crippen LogP contribution in [0.2, 0.25) is 0 Å². The molecule has 2 aromatic heterocycles. The second-order valence-electron chi connectivity index (χ2n) is 6.02. The minimum Gasteiger partial charge on any atom is -0.353 e. The third kappa shape index (κ3) is 4.27. The molecule has 0 bridgehead atoms. The van der Waals surface area contributed by atoms with Gasteiger partial charge in [-0.1, -0.05) is 0 Å². The normalized spacial score (nSPS) is 15.4. The van der Waals surface area contributed by atoms with E-state index in [1.54, 1.807) is 11.0 Å². The maximum atomic E-state index is 12.4. The van der Waals surface area contributed by atoms with Crippen molar-refractivity contribution in [2.45, 2.75) is 32.7 Å². The molecule has 0 unspecified atom stereocenters. The largest absolute Gasteiger partial charge is 0.353 e. The summed E-state index contributed by atoms with van der Waals surface area (Å²) in [5.41, 5.74) is 0.915. The van der Waals surface area contributed by atoms with Crippen molar-refractivity contribution in [1.82, 2.24) is 29.9 Å². The molecule has 8 heteroatoms. The molecule has 2 aromatic rings. The van der Waals surface area contributed by atoms with Crippen LogP contribution in [0.25, 0.3) is 0 Å². The molecule has 0 N–H and O–H groups in total. The number of hydrogen-bond acceptors (Lipinski definition) is 6. The lowest BCUT2D eigenvalue weighted by molar-refractivity contribution is -0.131. The van der Waals surface area contributed by atoms with Gasteiger partial charge in [-0.3, -0.25) is 9.48 Å². The quantitative estimate of drug-likeness (QED) is 0.811. The Kier molecular flexibility index (Phi) is 5.35. The van der Waals surface area contributed by atoms with Crippen molar-refractivity contribution in [3.8, 4) is 0 Å². The van der Waals surface area contributed by atoms with E-state index in [1.807, 2.05) is 24.0 Å². The minimum atomic E-state index is 0.215. The molecule has 1 fully saturated rings. The van der Waals surface area contributed by atoms with Gasteiger partial charge >= 0.3 is 0 Å². The number of carbonyl (C=O) groups is 1. The average molecular weight is 329 g/mol. The van der Waals surface area contributed by atoms with Crippen molar-refractivity contribution < 1.29 is 4.79 Å². The van der Waals surface area contributed by atoms with E-state index in [0.29, 0.717) is 6.42 Å². The van der Waals surface area contributed by atoms with Crippen molar-refractivity contribution in [2.75, 3.05) is 31.1 Å². The molecule has 0 saturated carbocycles. The summed E-state index contributed by atoms with van der Waals surface area (Å²) >= 11 is 0. The van der Waals surface area contributed by atoms with Gasteiger partial charge in [-0.25, -0.2) is 4.98 Å². The molecule has 0 atom stereocenters. The Morgan fingerprint density at radius 1 is 1.17 bits per heavy atom. The molecule has 1 amide bonds. The maximum absolute atomic E-state index is 12.4. The predicted molar refractivity (Wildman–Crippen MR) is 89.4 cm³/mol. The Labute approximate surface area is 141 Å². The summed E-state index contributed by atoms with van der Waals surface area (Å²) in [5, 5.41) is 12.4. The molecular formula is C16H23N7O. The fraction of sp³-hybridized carbons (Fsp3) is 0.562. The Morgan fingerprint density at radius 2 is 2.08 bits per heavy atom. The van der Waals surface area contributed by atoms with Crippen LogP contribution in [0.5, 0.6) is 0 Å². The van der Waals surface area contributed by atoms with Crippen LogP contribution in [0, 0.1) is 6.92 Å². The number of aromatic nitrogens is 5. The van der Waals surface area contributed by atoms with Crippen molar-refractivity contribution in [3.05, 3.63) is 30.5 Å². The molecule has 1 aliphatic rings. The second-order valence-corrected chi connectivity index (χ2v) is 6.02. The van der Waals surface area contributed by atoms with Gasteiger partial charge in [0, 0.05) is 39.1 Å². The highest BCUT2D eigenvalue weighted by Gasteiger charge is 2.19. The van der Waals surface area contributed by atoms with Gasteiger partial charge in [-0.15, -0.1) is 5.10 Å². The van der Waals surface area contributed by atoms with Gasteiger partial charge in [-0.2, -0.15) is 10.2 Å². The van der Waals surface area contributed by atoms with E-state index in [1.165, 1.54) is 6.33 Å². The van der Waals surface area contributed by atoms with Crippen molar-refractivity contribution in [3.63, 3.8) is 0 Å². The highest BCUT2D eigenvalue weighted by Crippen LogP contribution is 2.13. The Hall–Kier alpha value is -2.51. The number of carbonyl (C=O) groups excluding carboxylic acids is 1. The number of amides is 1. The molecule has 128 valence electrons. The van der Waals surface area contributed by atoms with Crippen LogP contribution in [0.15, 0.2) is 24.8 Å². The Bertz CT molecular complexity index is 641. The monoisotopic (exact) mass is 329 g/mol. The number of nitrogens with zero attached hydrogens (tertiary/aromatic N) is 7. The summed E-state index contributed by atoms with van der Waals surface area (Å²) in [4.78, 5) is 20.5. The fourth-order valence-electron chi connectivity index (χ4n) is 2.86. The lowest BCUT2D eigenvalue weighted by Gasteiger charge is -2.22. The van der Waals surface area contributed by atoms with E-state index in [-0.39, 0.29) is 5.91 Å². The van der Waals surface area contributed by atoms with Crippen LogP contribution in [0.3, 0.4) is 0 Å². The summed E-state index contributed by atoms with van der Waals surface area (Å²) < 4.78 is 1.76. The number of hydrogen-bond donors (Lipinski definition) is 0. The van der Waals surface area contributed by atoms with Gasteiger partial charge < -0.3 is 9.80 Å². The molecule has 3 rings (SSSR count). The fourth-order valence-corrected chi connectivity index (χ4v) is 2.86. The van der Waals surface area contributed by atoms with Crippen molar-refractivity contribution in [1.29, 1.82) is 0 Å². The third-order valence-corrected chi connectivity index (χ3v) is 4.20. The lowest BCUT2D eigenvalue weighted by atomic mass is 10.2. The standard InChI is InChI=1S/C16H23N7O/c1-14-5-6-15(20-19-14)21-7-3-8-22(11-10-21)16(24)4-2-9-23-13-17-12-18-23/h5-6,12-13H,2-4,7-11H2,1H3. The SMILES string of the molecule is Cc1ccc(N2CCCN(C(=O)CCCn3cncn3)CC2)nn1. The van der Waals surface area contributed by atoms with Crippen LogP contribution in [0.4, 0.5) is 5.82 Å². The molecule has 8 nitrogen and oxygen atoms in total. The minimum absolute atomic E-state index is 0.215. The zero-order valence-corrected chi connectivity index (χ0v) is 14.0. The van der Waals surface area contributed by atoms with Crippen molar-refractivity contribution in [2.24, 2.45) is 0 Å². The molecule has 0 aromatic carbocycles. The first-order chi connectivity index (χ1) is 11.7. The summed E-state index contributed by atoms with van der Waals surface area (Å²) in [7, 11) is 0. The number of anilines is 1. The first-order valence-corrected chi connectivity index (χ1v) is 8.38. The van der Waals surface area contributed by atoms with E-state index in [2.05, 4.69) is 25.2 Å². The van der Waals surface area contributed by atoms with E-state index < -0.39 is 0 Å². The Balaban J connectivity index is 1.47. The third-order valence-electron chi connectivity index (χ3n) is 4.20. The highest BCUT2D eigenvalue weighted by molar-refractivity contribution is 5.76. The molecule has 1 aliphatic heterocycles. The van der Waals surface area contributed by atoms with Gasteiger partial charge in [0.15, 0.2) is 5.82 Å². The number of aryl methyl sites for hydroxylation is 2.